The van der Waals surface area contributed by atoms with Gasteiger partial charge in [0.2, 0.25) is 0 Å². The quantitative estimate of drug-likeness (QED) is 0.875. The van der Waals surface area contributed by atoms with Crippen molar-refractivity contribution in [1.29, 1.82) is 0 Å². The number of halogens is 2. The predicted molar refractivity (Wildman–Crippen MR) is 75.1 cm³/mol. The second-order valence-electron chi connectivity index (χ2n) is 5.50. The number of aliphatic hydroxyl groups is 1. The van der Waals surface area contributed by atoms with E-state index in [1.807, 2.05) is 26.8 Å². The van der Waals surface area contributed by atoms with Gasteiger partial charge < -0.3 is 5.11 Å². The van der Waals surface area contributed by atoms with Gasteiger partial charge in [-0.1, -0.05) is 36.7 Å². The monoisotopic (exact) mass is 313 g/mol. The van der Waals surface area contributed by atoms with Crippen LogP contribution in [0.5, 0.6) is 0 Å². The van der Waals surface area contributed by atoms with Crippen molar-refractivity contribution in [2.24, 2.45) is 4.99 Å². The van der Waals surface area contributed by atoms with Gasteiger partial charge in [0, 0.05) is 9.89 Å². The topological polar surface area (TPSA) is 32.6 Å². The smallest absolute Gasteiger partial charge is 0.150 e. The summed E-state index contributed by atoms with van der Waals surface area (Å²) in [6, 6.07) is 3.28. The zero-order chi connectivity index (χ0) is 13.7. The van der Waals surface area contributed by atoms with Crippen LogP contribution < -0.4 is 0 Å². The molecule has 0 aliphatic carbocycles. The summed E-state index contributed by atoms with van der Waals surface area (Å²) in [6.07, 6.45) is 0.548. The van der Waals surface area contributed by atoms with Gasteiger partial charge >= 0.3 is 0 Å². The first kappa shape index (κ1) is 13.7. The molecular weight excluding hydrogens is 297 g/mol. The summed E-state index contributed by atoms with van der Waals surface area (Å²) in [7, 11) is 0. The van der Waals surface area contributed by atoms with Crippen LogP contribution in [0.25, 0.3) is 0 Å². The molecule has 4 heteroatoms. The van der Waals surface area contributed by atoms with Crippen molar-refractivity contribution < 1.29 is 9.50 Å². The highest BCUT2D eigenvalue weighted by molar-refractivity contribution is 9.10. The third-order valence-electron chi connectivity index (χ3n) is 3.72. The molecule has 1 atom stereocenters. The third-order valence-corrected chi connectivity index (χ3v) is 4.17. The number of fused-ring (bicyclic) bond motifs is 1. The van der Waals surface area contributed by atoms with E-state index in [-0.39, 0.29) is 5.82 Å². The molecule has 0 saturated heterocycles. The Morgan fingerprint density at radius 3 is 2.61 bits per heavy atom. The highest BCUT2D eigenvalue weighted by Crippen LogP contribution is 2.45. The van der Waals surface area contributed by atoms with Crippen molar-refractivity contribution in [2.45, 2.75) is 45.1 Å². The lowest BCUT2D eigenvalue weighted by molar-refractivity contribution is 0.122. The van der Waals surface area contributed by atoms with Crippen LogP contribution in [-0.4, -0.2) is 16.4 Å². The van der Waals surface area contributed by atoms with E-state index in [1.54, 1.807) is 6.92 Å². The number of hydrogen-bond donors (Lipinski definition) is 1. The largest absolute Gasteiger partial charge is 0.384 e. The van der Waals surface area contributed by atoms with Gasteiger partial charge in [0.25, 0.3) is 0 Å². The molecule has 18 heavy (non-hydrogen) atoms. The van der Waals surface area contributed by atoms with Crippen molar-refractivity contribution in [3.8, 4) is 0 Å². The molecule has 0 bridgehead atoms. The zero-order valence-electron chi connectivity index (χ0n) is 11.0. The van der Waals surface area contributed by atoms with Crippen molar-refractivity contribution in [2.75, 3.05) is 0 Å². The van der Waals surface area contributed by atoms with Crippen molar-refractivity contribution in [3.05, 3.63) is 28.0 Å². The Bertz CT molecular complexity index is 535. The Balaban J connectivity index is 2.65. The fourth-order valence-corrected chi connectivity index (χ4v) is 2.93. The van der Waals surface area contributed by atoms with Crippen LogP contribution in [0.2, 0.25) is 0 Å². The molecule has 2 rings (SSSR count). The van der Waals surface area contributed by atoms with Gasteiger partial charge in [-0.2, -0.15) is 0 Å². The Labute approximate surface area is 115 Å². The van der Waals surface area contributed by atoms with E-state index in [0.717, 1.165) is 5.56 Å². The zero-order valence-corrected chi connectivity index (χ0v) is 12.6. The molecule has 1 unspecified atom stereocenters. The van der Waals surface area contributed by atoms with Crippen molar-refractivity contribution in [1.82, 2.24) is 0 Å². The average molecular weight is 314 g/mol. The van der Waals surface area contributed by atoms with Gasteiger partial charge in [-0.25, -0.2) is 4.39 Å². The Hall–Kier alpha value is -0.740. The lowest BCUT2D eigenvalue weighted by Crippen LogP contribution is -2.44. The van der Waals surface area contributed by atoms with E-state index < -0.39 is 11.0 Å². The maximum atomic E-state index is 13.9. The van der Waals surface area contributed by atoms with Crippen LogP contribution >= 0.6 is 15.9 Å². The summed E-state index contributed by atoms with van der Waals surface area (Å²) in [6.45, 7) is 7.56. The minimum absolute atomic E-state index is 0.352. The maximum Gasteiger partial charge on any atom is 0.150 e. The maximum absolute atomic E-state index is 13.9. The van der Waals surface area contributed by atoms with E-state index in [4.69, 9.17) is 0 Å². The van der Waals surface area contributed by atoms with Crippen LogP contribution in [0.15, 0.2) is 21.6 Å². The average Bonchev–Trinajstić information content (AvgIpc) is 2.52. The Kier molecular flexibility index (Phi) is 3.14. The van der Waals surface area contributed by atoms with Crippen LogP contribution in [0.4, 0.5) is 10.1 Å². The first-order valence-electron chi connectivity index (χ1n) is 6.01. The highest BCUT2D eigenvalue weighted by Gasteiger charge is 2.44. The molecule has 0 amide bonds. The molecule has 0 aromatic heterocycles. The Morgan fingerprint density at radius 1 is 1.44 bits per heavy atom. The summed E-state index contributed by atoms with van der Waals surface area (Å²) in [5, 5.41) is 10.4. The number of benzene rings is 1. The standard InChI is InChI=1S/C14H17BrFNO/c1-5-14(4,18)12-13(2,3)9-6-8(15)7-10(16)11(9)17-12/h6-7,18H,5H2,1-4H3. The van der Waals surface area contributed by atoms with Gasteiger partial charge in [-0.15, -0.1) is 0 Å². The van der Waals surface area contributed by atoms with Gasteiger partial charge in [-0.05, 0) is 31.0 Å². The van der Waals surface area contributed by atoms with Crippen LogP contribution in [0, 0.1) is 5.82 Å². The molecule has 1 aliphatic rings. The first-order valence-corrected chi connectivity index (χ1v) is 6.81. The molecule has 1 N–H and O–H groups in total. The van der Waals surface area contributed by atoms with Crippen LogP contribution in [0.3, 0.4) is 0 Å². The van der Waals surface area contributed by atoms with Gasteiger partial charge in [0.15, 0.2) is 0 Å². The molecule has 2 nitrogen and oxygen atoms in total. The third kappa shape index (κ3) is 1.91. The lowest BCUT2D eigenvalue weighted by Gasteiger charge is -2.32. The van der Waals surface area contributed by atoms with E-state index in [2.05, 4.69) is 20.9 Å². The number of nitrogens with zero attached hydrogens (tertiary/aromatic N) is 1. The number of hydrogen-bond acceptors (Lipinski definition) is 2. The summed E-state index contributed by atoms with van der Waals surface area (Å²) in [4.78, 5) is 4.36. The normalized spacial score (nSPS) is 20.3. The summed E-state index contributed by atoms with van der Waals surface area (Å²) in [5.41, 5.74) is 0.329. The lowest BCUT2D eigenvalue weighted by atomic mass is 9.74. The molecular formula is C14H17BrFNO. The minimum Gasteiger partial charge on any atom is -0.384 e. The second kappa shape index (κ2) is 4.14. The minimum atomic E-state index is -1.01. The summed E-state index contributed by atoms with van der Waals surface area (Å²) >= 11 is 3.30. The fourth-order valence-electron chi connectivity index (χ4n) is 2.50. The second-order valence-corrected chi connectivity index (χ2v) is 6.41. The van der Waals surface area contributed by atoms with Gasteiger partial charge in [-0.3, -0.25) is 4.99 Å². The van der Waals surface area contributed by atoms with E-state index in [0.29, 0.717) is 22.3 Å². The predicted octanol–water partition coefficient (Wildman–Crippen LogP) is 4.11. The molecule has 1 aromatic rings. The molecule has 0 spiro atoms. The van der Waals surface area contributed by atoms with Crippen molar-refractivity contribution >= 4 is 27.3 Å². The SMILES string of the molecule is CCC(C)(O)C1=Nc2c(F)cc(Br)cc2C1(C)C. The molecule has 98 valence electrons. The van der Waals surface area contributed by atoms with E-state index in [1.165, 1.54) is 6.07 Å². The molecule has 0 saturated carbocycles. The molecule has 0 fully saturated rings. The van der Waals surface area contributed by atoms with Gasteiger partial charge in [0.1, 0.15) is 17.1 Å². The molecule has 1 aromatic carbocycles. The highest BCUT2D eigenvalue weighted by atomic mass is 79.9. The van der Waals surface area contributed by atoms with Crippen molar-refractivity contribution in [3.63, 3.8) is 0 Å². The fraction of sp³-hybridized carbons (Fsp3) is 0.500. The first-order chi connectivity index (χ1) is 8.20. The molecule has 1 aliphatic heterocycles. The van der Waals surface area contributed by atoms with E-state index >= 15 is 0 Å². The number of aliphatic imine (C=N–C) groups is 1. The van der Waals surface area contributed by atoms with Gasteiger partial charge in [0.05, 0.1) is 5.71 Å². The van der Waals surface area contributed by atoms with Crippen LogP contribution in [0.1, 0.15) is 39.7 Å². The Morgan fingerprint density at radius 2 is 2.06 bits per heavy atom. The number of rotatable bonds is 2. The molecule has 0 radical (unpaired) electrons. The summed E-state index contributed by atoms with van der Waals surface area (Å²) in [5.74, 6) is -0.352. The van der Waals surface area contributed by atoms with Crippen LogP contribution in [-0.2, 0) is 5.41 Å². The molecule has 1 heterocycles. The van der Waals surface area contributed by atoms with E-state index in [9.17, 15) is 9.50 Å². The summed E-state index contributed by atoms with van der Waals surface area (Å²) < 4.78 is 14.6.